The molecular formula is C21H15NO5. The second-order valence-electron chi connectivity index (χ2n) is 5.75. The van der Waals surface area contributed by atoms with Crippen LogP contribution in [0.25, 0.3) is 11.1 Å². The summed E-state index contributed by atoms with van der Waals surface area (Å²) >= 11 is 0. The molecular weight excluding hydrogens is 346 g/mol. The summed E-state index contributed by atoms with van der Waals surface area (Å²) in [5.41, 5.74) is 2.48. The molecule has 0 heterocycles. The van der Waals surface area contributed by atoms with Crippen molar-refractivity contribution in [3.63, 3.8) is 0 Å². The van der Waals surface area contributed by atoms with Crippen LogP contribution in [0.2, 0.25) is 0 Å². The first-order valence-corrected chi connectivity index (χ1v) is 8.15. The zero-order chi connectivity index (χ0) is 19.2. The average Bonchev–Trinajstić information content (AvgIpc) is 2.72. The van der Waals surface area contributed by atoms with Gasteiger partial charge in [-0.25, -0.2) is 4.79 Å². The third-order valence-corrected chi connectivity index (χ3v) is 3.96. The maximum atomic E-state index is 12.2. The minimum absolute atomic E-state index is 0.124. The second-order valence-corrected chi connectivity index (χ2v) is 5.75. The van der Waals surface area contributed by atoms with Gasteiger partial charge in [-0.15, -0.1) is 0 Å². The molecule has 0 atom stereocenters. The summed E-state index contributed by atoms with van der Waals surface area (Å²) in [6, 6.07) is 21.8. The number of hydrogen-bond acceptors (Lipinski definition) is 5. The van der Waals surface area contributed by atoms with Crippen molar-refractivity contribution in [2.75, 3.05) is 6.61 Å². The van der Waals surface area contributed by atoms with E-state index in [2.05, 4.69) is 0 Å². The van der Waals surface area contributed by atoms with Crippen molar-refractivity contribution in [2.24, 2.45) is 0 Å². The Morgan fingerprint density at radius 1 is 0.778 bits per heavy atom. The molecule has 0 spiro atoms. The number of carbonyl (C=O) groups excluding carboxylic acids is 2. The molecule has 0 aliphatic rings. The maximum Gasteiger partial charge on any atom is 0.338 e. The Kier molecular flexibility index (Phi) is 5.37. The van der Waals surface area contributed by atoms with Crippen molar-refractivity contribution >= 4 is 17.4 Å². The van der Waals surface area contributed by atoms with Gasteiger partial charge >= 0.3 is 5.97 Å². The summed E-state index contributed by atoms with van der Waals surface area (Å²) in [7, 11) is 0. The fraction of sp³-hybridized carbons (Fsp3) is 0.0476. The zero-order valence-electron chi connectivity index (χ0n) is 14.2. The van der Waals surface area contributed by atoms with Gasteiger partial charge in [0.15, 0.2) is 12.4 Å². The van der Waals surface area contributed by atoms with Crippen LogP contribution in [-0.4, -0.2) is 23.3 Å². The van der Waals surface area contributed by atoms with Gasteiger partial charge in [0.2, 0.25) is 0 Å². The van der Waals surface area contributed by atoms with Crippen LogP contribution in [0.15, 0.2) is 78.9 Å². The maximum absolute atomic E-state index is 12.2. The van der Waals surface area contributed by atoms with Gasteiger partial charge < -0.3 is 4.74 Å². The first-order chi connectivity index (χ1) is 13.0. The van der Waals surface area contributed by atoms with Crippen molar-refractivity contribution in [1.29, 1.82) is 0 Å². The van der Waals surface area contributed by atoms with E-state index in [0.29, 0.717) is 5.56 Å². The predicted octanol–water partition coefficient (Wildman–Crippen LogP) is 4.30. The van der Waals surface area contributed by atoms with Gasteiger partial charge in [-0.1, -0.05) is 54.6 Å². The van der Waals surface area contributed by atoms with Crippen molar-refractivity contribution in [1.82, 2.24) is 0 Å². The molecule has 3 aromatic rings. The van der Waals surface area contributed by atoms with Crippen LogP contribution in [0.5, 0.6) is 0 Å². The fourth-order valence-electron chi connectivity index (χ4n) is 2.50. The van der Waals surface area contributed by atoms with E-state index in [-0.39, 0.29) is 17.0 Å². The number of esters is 1. The lowest BCUT2D eigenvalue weighted by Gasteiger charge is -2.06. The van der Waals surface area contributed by atoms with E-state index < -0.39 is 17.5 Å². The van der Waals surface area contributed by atoms with Crippen LogP contribution in [0.4, 0.5) is 5.69 Å². The summed E-state index contributed by atoms with van der Waals surface area (Å²) in [5, 5.41) is 10.6. The van der Waals surface area contributed by atoms with Crippen molar-refractivity contribution in [3.05, 3.63) is 100 Å². The number of benzene rings is 3. The first kappa shape index (κ1) is 18.0. The molecule has 0 aliphatic carbocycles. The molecule has 6 heteroatoms. The highest BCUT2D eigenvalue weighted by Gasteiger charge is 2.13. The molecule has 6 nitrogen and oxygen atoms in total. The van der Waals surface area contributed by atoms with Crippen LogP contribution in [0.3, 0.4) is 0 Å². The number of nitrogens with zero attached hydrogens (tertiary/aromatic N) is 1. The van der Waals surface area contributed by atoms with E-state index in [0.717, 1.165) is 11.1 Å². The Labute approximate surface area is 155 Å². The van der Waals surface area contributed by atoms with Crippen molar-refractivity contribution < 1.29 is 19.2 Å². The van der Waals surface area contributed by atoms with Gasteiger partial charge in [0.25, 0.3) is 5.69 Å². The van der Waals surface area contributed by atoms with Crippen LogP contribution >= 0.6 is 0 Å². The zero-order valence-corrected chi connectivity index (χ0v) is 14.2. The lowest BCUT2D eigenvalue weighted by atomic mass is 10.0. The Balaban J connectivity index is 1.60. The molecule has 134 valence electrons. The molecule has 3 aromatic carbocycles. The highest BCUT2D eigenvalue weighted by Crippen LogP contribution is 2.19. The minimum Gasteiger partial charge on any atom is -0.454 e. The number of Topliss-reactive ketones (excluding diaryl/α,β-unsaturated/α-hetero) is 1. The first-order valence-electron chi connectivity index (χ1n) is 8.15. The van der Waals surface area contributed by atoms with Gasteiger partial charge in [-0.05, 0) is 23.3 Å². The molecule has 3 rings (SSSR count). The van der Waals surface area contributed by atoms with Crippen LogP contribution < -0.4 is 0 Å². The molecule has 0 N–H and O–H groups in total. The van der Waals surface area contributed by atoms with E-state index in [9.17, 15) is 19.7 Å². The lowest BCUT2D eigenvalue weighted by Crippen LogP contribution is -2.14. The number of ether oxygens (including phenoxy) is 1. The molecule has 27 heavy (non-hydrogen) atoms. The van der Waals surface area contributed by atoms with Crippen molar-refractivity contribution in [3.8, 4) is 11.1 Å². The number of non-ortho nitro benzene ring substituents is 1. The Morgan fingerprint density at radius 3 is 1.93 bits per heavy atom. The van der Waals surface area contributed by atoms with E-state index >= 15 is 0 Å². The highest BCUT2D eigenvalue weighted by atomic mass is 16.6. The van der Waals surface area contributed by atoms with E-state index in [1.54, 1.807) is 12.1 Å². The SMILES string of the molecule is O=C(COC(=O)c1ccc([N+](=O)[O-])cc1)c1ccc(-c2ccccc2)cc1. The Bertz CT molecular complexity index is 964. The summed E-state index contributed by atoms with van der Waals surface area (Å²) in [6.07, 6.45) is 0. The number of ketones is 1. The monoisotopic (exact) mass is 361 g/mol. The molecule has 0 unspecified atom stereocenters. The average molecular weight is 361 g/mol. The number of carbonyl (C=O) groups is 2. The number of nitro groups is 1. The third-order valence-electron chi connectivity index (χ3n) is 3.96. The predicted molar refractivity (Wildman–Crippen MR) is 99.6 cm³/mol. The fourth-order valence-corrected chi connectivity index (χ4v) is 2.50. The Morgan fingerprint density at radius 2 is 1.33 bits per heavy atom. The highest BCUT2D eigenvalue weighted by molar-refractivity contribution is 5.99. The molecule has 0 radical (unpaired) electrons. The Hall–Kier alpha value is -3.80. The smallest absolute Gasteiger partial charge is 0.338 e. The largest absolute Gasteiger partial charge is 0.454 e. The molecule has 0 saturated heterocycles. The quantitative estimate of drug-likeness (QED) is 0.283. The van der Waals surface area contributed by atoms with Gasteiger partial charge in [0.1, 0.15) is 0 Å². The van der Waals surface area contributed by atoms with E-state index in [4.69, 9.17) is 4.74 Å². The summed E-state index contributed by atoms with van der Waals surface area (Å²) < 4.78 is 5.00. The summed E-state index contributed by atoms with van der Waals surface area (Å²) in [4.78, 5) is 34.2. The lowest BCUT2D eigenvalue weighted by molar-refractivity contribution is -0.384. The second kappa shape index (κ2) is 8.05. The normalized spacial score (nSPS) is 10.2. The van der Waals surface area contributed by atoms with Crippen LogP contribution in [-0.2, 0) is 4.74 Å². The van der Waals surface area contributed by atoms with Gasteiger partial charge in [-0.2, -0.15) is 0 Å². The standard InChI is InChI=1S/C21H15NO5/c23-20(14-27-21(24)18-10-12-19(13-11-18)22(25)26)17-8-6-16(7-9-17)15-4-2-1-3-5-15/h1-13H,14H2. The van der Waals surface area contributed by atoms with Crippen LogP contribution in [0.1, 0.15) is 20.7 Å². The van der Waals surface area contributed by atoms with Gasteiger partial charge in [0, 0.05) is 17.7 Å². The number of hydrogen-bond donors (Lipinski definition) is 0. The van der Waals surface area contributed by atoms with Crippen LogP contribution in [0, 0.1) is 10.1 Å². The van der Waals surface area contributed by atoms with E-state index in [1.807, 2.05) is 42.5 Å². The topological polar surface area (TPSA) is 86.5 Å². The molecule has 0 fully saturated rings. The number of rotatable bonds is 6. The third kappa shape index (κ3) is 4.43. The van der Waals surface area contributed by atoms with E-state index in [1.165, 1.54) is 24.3 Å². The number of nitro benzene ring substituents is 1. The minimum atomic E-state index is -0.709. The van der Waals surface area contributed by atoms with Gasteiger partial charge in [-0.3, -0.25) is 14.9 Å². The van der Waals surface area contributed by atoms with Crippen molar-refractivity contribution in [2.45, 2.75) is 0 Å². The summed E-state index contributed by atoms with van der Waals surface area (Å²) in [6.45, 7) is -0.402. The van der Waals surface area contributed by atoms with Gasteiger partial charge in [0.05, 0.1) is 10.5 Å². The molecule has 0 bridgehead atoms. The molecule has 0 aromatic heterocycles. The molecule has 0 aliphatic heterocycles. The molecule has 0 amide bonds. The summed E-state index contributed by atoms with van der Waals surface area (Å²) in [5.74, 6) is -1.04. The molecule has 0 saturated carbocycles.